The van der Waals surface area contributed by atoms with E-state index in [0.29, 0.717) is 17.9 Å². The third kappa shape index (κ3) is 3.33. The normalized spacial score (nSPS) is 26.6. The summed E-state index contributed by atoms with van der Waals surface area (Å²) in [6, 6.07) is 7.40. The second kappa shape index (κ2) is 7.06. The second-order valence-corrected chi connectivity index (χ2v) is 7.36. The van der Waals surface area contributed by atoms with Gasteiger partial charge in [-0.2, -0.15) is 0 Å². The number of benzene rings is 1. The number of hydrogen-bond donors (Lipinski definition) is 0. The third-order valence-corrected chi connectivity index (χ3v) is 5.72. The first-order chi connectivity index (χ1) is 11.5. The van der Waals surface area contributed by atoms with E-state index in [1.54, 1.807) is 6.07 Å². The van der Waals surface area contributed by atoms with Crippen LogP contribution in [0.15, 0.2) is 28.8 Å². The molecule has 4 rings (SSSR count). The Morgan fingerprint density at radius 2 is 2.04 bits per heavy atom. The highest BCUT2D eigenvalue weighted by Crippen LogP contribution is 2.44. The van der Waals surface area contributed by atoms with Gasteiger partial charge in [0.2, 0.25) is 0 Å². The van der Waals surface area contributed by atoms with Gasteiger partial charge >= 0.3 is 0 Å². The van der Waals surface area contributed by atoms with Gasteiger partial charge in [-0.1, -0.05) is 17.3 Å². The van der Waals surface area contributed by atoms with E-state index in [4.69, 9.17) is 4.52 Å². The number of halogens is 2. The van der Waals surface area contributed by atoms with Gasteiger partial charge in [0.25, 0.3) is 0 Å². The summed E-state index contributed by atoms with van der Waals surface area (Å²) in [5.74, 6) is 1.97. The molecule has 3 atom stereocenters. The minimum absolute atomic E-state index is 0. The van der Waals surface area contributed by atoms with Crippen LogP contribution in [0.3, 0.4) is 0 Å². The first-order valence-electron chi connectivity index (χ1n) is 8.62. The predicted octanol–water partition coefficient (Wildman–Crippen LogP) is 3.59. The number of fused-ring (bicyclic) bond motifs is 1. The Hall–Kier alpha value is -1.43. The van der Waals surface area contributed by atoms with Crippen molar-refractivity contribution in [3.63, 3.8) is 0 Å². The van der Waals surface area contributed by atoms with Crippen molar-refractivity contribution in [2.75, 3.05) is 26.7 Å². The van der Waals surface area contributed by atoms with Crippen LogP contribution in [0.2, 0.25) is 0 Å². The Balaban J connectivity index is 0.00000182. The molecular weight excluding hydrogens is 341 g/mol. The van der Waals surface area contributed by atoms with Crippen LogP contribution >= 0.6 is 12.4 Å². The van der Waals surface area contributed by atoms with Gasteiger partial charge in [-0.3, -0.25) is 9.80 Å². The Bertz CT molecular complexity index is 731. The molecule has 6 heteroatoms. The number of aryl methyl sites for hydroxylation is 2. The Morgan fingerprint density at radius 3 is 2.72 bits per heavy atom. The lowest BCUT2D eigenvalue weighted by atomic mass is 9.89. The summed E-state index contributed by atoms with van der Waals surface area (Å²) in [6.45, 7) is 8.09. The van der Waals surface area contributed by atoms with E-state index in [1.807, 2.05) is 19.9 Å². The summed E-state index contributed by atoms with van der Waals surface area (Å²) in [5.41, 5.74) is 3.30. The zero-order valence-corrected chi connectivity index (χ0v) is 15.7. The van der Waals surface area contributed by atoms with Gasteiger partial charge in [0.1, 0.15) is 11.6 Å². The van der Waals surface area contributed by atoms with E-state index in [9.17, 15) is 4.39 Å². The zero-order chi connectivity index (χ0) is 16.8. The molecule has 0 bridgehead atoms. The van der Waals surface area contributed by atoms with Crippen LogP contribution in [0.25, 0.3) is 0 Å². The minimum atomic E-state index is -0.144. The van der Waals surface area contributed by atoms with Gasteiger partial charge in [0, 0.05) is 37.8 Å². The van der Waals surface area contributed by atoms with Crippen molar-refractivity contribution in [3.05, 3.63) is 52.7 Å². The topological polar surface area (TPSA) is 32.5 Å². The van der Waals surface area contributed by atoms with Crippen molar-refractivity contribution in [1.82, 2.24) is 15.0 Å². The summed E-state index contributed by atoms with van der Waals surface area (Å²) in [7, 11) is 2.16. The van der Waals surface area contributed by atoms with Crippen LogP contribution in [-0.4, -0.2) is 41.6 Å². The molecule has 2 saturated heterocycles. The largest absolute Gasteiger partial charge is 0.361 e. The molecule has 0 amide bonds. The van der Waals surface area contributed by atoms with Crippen molar-refractivity contribution in [2.24, 2.45) is 11.8 Å². The highest BCUT2D eigenvalue weighted by molar-refractivity contribution is 5.85. The lowest BCUT2D eigenvalue weighted by Crippen LogP contribution is -2.29. The summed E-state index contributed by atoms with van der Waals surface area (Å²) in [5, 5.41) is 4.06. The lowest BCUT2D eigenvalue weighted by molar-refractivity contribution is 0.223. The van der Waals surface area contributed by atoms with E-state index in [1.165, 1.54) is 11.6 Å². The van der Waals surface area contributed by atoms with Crippen LogP contribution in [0, 0.1) is 31.5 Å². The lowest BCUT2D eigenvalue weighted by Gasteiger charge is -2.26. The van der Waals surface area contributed by atoms with Crippen molar-refractivity contribution >= 4 is 12.4 Å². The summed E-state index contributed by atoms with van der Waals surface area (Å²) in [4.78, 5) is 4.89. The van der Waals surface area contributed by atoms with E-state index < -0.39 is 0 Å². The van der Waals surface area contributed by atoms with Gasteiger partial charge in [0.05, 0.1) is 5.69 Å². The monoisotopic (exact) mass is 365 g/mol. The summed E-state index contributed by atoms with van der Waals surface area (Å²) >= 11 is 0. The number of nitrogens with zero attached hydrogens (tertiary/aromatic N) is 3. The maximum Gasteiger partial charge on any atom is 0.138 e. The second-order valence-electron chi connectivity index (χ2n) is 7.36. The van der Waals surface area contributed by atoms with Gasteiger partial charge < -0.3 is 4.52 Å². The molecule has 1 aromatic carbocycles. The van der Waals surface area contributed by atoms with Gasteiger partial charge in [0.15, 0.2) is 0 Å². The Morgan fingerprint density at radius 1 is 1.24 bits per heavy atom. The van der Waals surface area contributed by atoms with E-state index >= 15 is 0 Å². The summed E-state index contributed by atoms with van der Waals surface area (Å²) < 4.78 is 19.0. The molecule has 0 N–H and O–H groups in total. The van der Waals surface area contributed by atoms with Crippen molar-refractivity contribution in [2.45, 2.75) is 26.4 Å². The van der Waals surface area contributed by atoms with Crippen LogP contribution in [0.4, 0.5) is 4.39 Å². The van der Waals surface area contributed by atoms with Gasteiger partial charge in [-0.25, -0.2) is 4.39 Å². The Kier molecular flexibility index (Phi) is 5.19. The molecule has 0 radical (unpaired) electrons. The van der Waals surface area contributed by atoms with E-state index in [0.717, 1.165) is 43.2 Å². The van der Waals surface area contributed by atoms with Crippen molar-refractivity contribution in [3.8, 4) is 0 Å². The molecule has 2 aliphatic heterocycles. The fraction of sp³-hybridized carbons (Fsp3) is 0.526. The molecule has 0 saturated carbocycles. The third-order valence-electron chi connectivity index (χ3n) is 5.72. The smallest absolute Gasteiger partial charge is 0.138 e. The number of rotatable bonds is 3. The molecule has 3 heterocycles. The fourth-order valence-electron chi connectivity index (χ4n) is 4.62. The first-order valence-corrected chi connectivity index (χ1v) is 8.62. The summed E-state index contributed by atoms with van der Waals surface area (Å²) in [6.07, 6.45) is 0. The molecule has 0 spiro atoms. The highest BCUT2D eigenvalue weighted by Gasteiger charge is 2.46. The average Bonchev–Trinajstić information content (AvgIpc) is 3.15. The minimum Gasteiger partial charge on any atom is -0.361 e. The quantitative estimate of drug-likeness (QED) is 0.832. The Labute approximate surface area is 154 Å². The molecular formula is C19H25ClFN3O. The number of likely N-dealkylation sites (tertiary alicyclic amines) is 2. The van der Waals surface area contributed by atoms with E-state index in [2.05, 4.69) is 28.1 Å². The van der Waals surface area contributed by atoms with Gasteiger partial charge in [-0.15, -0.1) is 12.4 Å². The zero-order valence-electron chi connectivity index (χ0n) is 14.9. The predicted molar refractivity (Wildman–Crippen MR) is 97.3 cm³/mol. The van der Waals surface area contributed by atoms with Gasteiger partial charge in [-0.05, 0) is 50.4 Å². The molecule has 136 valence electrons. The SMILES string of the molecule is Cc1noc(C)c1CN1C[C@@H]2CN(C)[C@@H](c3cccc(F)c3)[C@@H]2C1.Cl. The van der Waals surface area contributed by atoms with Crippen LogP contribution in [0.1, 0.15) is 28.6 Å². The van der Waals surface area contributed by atoms with Crippen molar-refractivity contribution < 1.29 is 8.91 Å². The molecule has 2 aromatic rings. The number of hydrogen-bond acceptors (Lipinski definition) is 4. The van der Waals surface area contributed by atoms with Crippen LogP contribution in [0.5, 0.6) is 0 Å². The highest BCUT2D eigenvalue weighted by atomic mass is 35.5. The molecule has 1 aromatic heterocycles. The first kappa shape index (κ1) is 18.4. The van der Waals surface area contributed by atoms with Crippen molar-refractivity contribution in [1.29, 1.82) is 0 Å². The maximum absolute atomic E-state index is 13.7. The maximum atomic E-state index is 13.7. The van der Waals surface area contributed by atoms with Crippen LogP contribution in [-0.2, 0) is 6.54 Å². The molecule has 0 unspecified atom stereocenters. The van der Waals surface area contributed by atoms with E-state index in [-0.39, 0.29) is 18.2 Å². The average molecular weight is 366 g/mol. The molecule has 2 aliphatic rings. The molecule has 25 heavy (non-hydrogen) atoms. The molecule has 4 nitrogen and oxygen atoms in total. The molecule has 0 aliphatic carbocycles. The van der Waals surface area contributed by atoms with Crippen LogP contribution < -0.4 is 0 Å². The number of aromatic nitrogens is 1. The molecule has 2 fully saturated rings. The fourth-order valence-corrected chi connectivity index (χ4v) is 4.62. The standard InChI is InChI=1S/C19H24FN3O.ClH/c1-12-17(13(2)24-21-12)10-23-9-15-8-22(3)19(18(15)11-23)14-5-4-6-16(20)7-14;/h4-7,15,18-19H,8-11H2,1-3H3;1H/t15-,18+,19-;/m0./s1.